The molecule has 5 N–H and O–H groups in total. The molecule has 0 spiro atoms. The minimum absolute atomic E-state index is 0.0292. The fourth-order valence-electron chi connectivity index (χ4n) is 9.12. The Morgan fingerprint density at radius 3 is 2.01 bits per heavy atom. The zero-order valence-corrected chi connectivity index (χ0v) is 45.1. The maximum atomic E-state index is 13.6. The van der Waals surface area contributed by atoms with Crippen molar-refractivity contribution in [2.45, 2.75) is 83.7 Å². The third-order valence-corrected chi connectivity index (χ3v) is 14.6. The summed E-state index contributed by atoms with van der Waals surface area (Å²) in [5.41, 5.74) is 3.34. The van der Waals surface area contributed by atoms with Crippen molar-refractivity contribution in [1.29, 1.82) is 0 Å². The Morgan fingerprint density at radius 2 is 1.41 bits per heavy atom. The lowest BCUT2D eigenvalue weighted by Gasteiger charge is -2.35. The predicted molar refractivity (Wildman–Crippen MR) is 292 cm³/mol. The number of rotatable bonds is 29. The van der Waals surface area contributed by atoms with Crippen LogP contribution in [0.4, 0.5) is 23.0 Å². The number of ketones is 1. The van der Waals surface area contributed by atoms with Crippen molar-refractivity contribution in [3.05, 3.63) is 75.2 Å². The molecule has 1 aromatic carbocycles. The molecule has 1 saturated heterocycles. The largest absolute Gasteiger partial charge is 0.379 e. The summed E-state index contributed by atoms with van der Waals surface area (Å²) in [4.78, 5) is 82.5. The van der Waals surface area contributed by atoms with Crippen molar-refractivity contribution in [3.63, 3.8) is 0 Å². The lowest BCUT2D eigenvalue weighted by molar-refractivity contribution is -0.122. The van der Waals surface area contributed by atoms with Crippen molar-refractivity contribution in [2.75, 3.05) is 134 Å². The first-order chi connectivity index (χ1) is 36.9. The second-order valence-corrected chi connectivity index (χ2v) is 20.3. The van der Waals surface area contributed by atoms with E-state index >= 15 is 0 Å². The normalized spacial score (nSPS) is 17.7. The molecule has 3 aromatic rings. The molecule has 2 unspecified atom stereocenters. The van der Waals surface area contributed by atoms with Crippen LogP contribution in [0, 0.1) is 6.92 Å². The van der Waals surface area contributed by atoms with Gasteiger partial charge in [-0.05, 0) is 63.4 Å². The van der Waals surface area contributed by atoms with E-state index in [1.54, 1.807) is 28.8 Å². The van der Waals surface area contributed by atoms with E-state index in [4.69, 9.17) is 33.4 Å². The first kappa shape index (κ1) is 57.9. The number of Topliss-reactive ketones (excluding diaryl/α,β-unsaturated/α-hetero) is 1. The van der Waals surface area contributed by atoms with Gasteiger partial charge < -0.3 is 59.9 Å². The van der Waals surface area contributed by atoms with E-state index in [-0.39, 0.29) is 59.7 Å². The highest BCUT2D eigenvalue weighted by atomic mass is 32.2. The van der Waals surface area contributed by atoms with Gasteiger partial charge in [0.15, 0.2) is 11.0 Å². The number of thioether (sulfide) groups is 1. The summed E-state index contributed by atoms with van der Waals surface area (Å²) in [7, 11) is 0. The second-order valence-electron chi connectivity index (χ2n) is 18.9. The van der Waals surface area contributed by atoms with Crippen molar-refractivity contribution >= 4 is 69.4 Å². The molecule has 76 heavy (non-hydrogen) atoms. The van der Waals surface area contributed by atoms with E-state index in [1.807, 2.05) is 32.2 Å². The third-order valence-electron chi connectivity index (χ3n) is 13.4. The molecule has 3 amide bonds. The number of benzene rings is 1. The number of ether oxygens (including phenoxy) is 6. The molecular weight excluding hydrogens is 999 g/mol. The number of amides is 3. The van der Waals surface area contributed by atoms with Crippen LogP contribution >= 0.6 is 11.8 Å². The Labute approximate surface area is 448 Å². The predicted octanol–water partition coefficient (Wildman–Crippen LogP) is 4.05. The number of aliphatic imine (C=N–C) groups is 2. The minimum atomic E-state index is -0.320. The summed E-state index contributed by atoms with van der Waals surface area (Å²) < 4.78 is 35.1. The molecule has 2 aromatic heterocycles. The van der Waals surface area contributed by atoms with E-state index in [0.717, 1.165) is 63.1 Å². The minimum Gasteiger partial charge on any atom is -0.379 e. The molecule has 3 aliphatic heterocycles. The Hall–Kier alpha value is -5.79. The molecule has 23 heteroatoms. The average Bonchev–Trinajstić information content (AvgIpc) is 4.07. The molecular formula is C53H75N11O11S. The van der Waals surface area contributed by atoms with Crippen molar-refractivity contribution < 1.29 is 47.6 Å². The van der Waals surface area contributed by atoms with Gasteiger partial charge in [0.05, 0.1) is 127 Å². The van der Waals surface area contributed by atoms with Gasteiger partial charge in [-0.1, -0.05) is 43.7 Å². The first-order valence-electron chi connectivity index (χ1n) is 26.4. The quantitative estimate of drug-likeness (QED) is 0.0486. The highest BCUT2D eigenvalue weighted by molar-refractivity contribution is 8.14. The van der Waals surface area contributed by atoms with E-state index in [1.165, 1.54) is 18.7 Å². The highest BCUT2D eigenvalue weighted by Crippen LogP contribution is 2.36. The van der Waals surface area contributed by atoms with Gasteiger partial charge in [-0.15, -0.1) is 0 Å². The molecule has 0 bridgehead atoms. The van der Waals surface area contributed by atoms with Gasteiger partial charge in [0.25, 0.3) is 11.5 Å². The topological polar surface area (TPSA) is 250 Å². The van der Waals surface area contributed by atoms with Crippen LogP contribution in [0.2, 0.25) is 0 Å². The molecule has 1 aliphatic carbocycles. The second kappa shape index (κ2) is 30.2. The zero-order chi connectivity index (χ0) is 53.7. The molecule has 5 heterocycles. The van der Waals surface area contributed by atoms with Crippen LogP contribution in [0.1, 0.15) is 90.8 Å². The SMILES string of the molecule is CC(=O)c1c(C)c2c(n(C3CCCC3)c1=O)N=C(Nc1ccc(N3CCN(CC(=O)NCCOCCOCCOCCOCCOCCOCCC(=O)Nc4ccccc4C(=O)NC4=NC(C)C(C)S4)CC3)cn1)NC2. The number of pyridine rings is 2. The van der Waals surface area contributed by atoms with E-state index in [2.05, 4.69) is 53.3 Å². The Kier molecular flexibility index (Phi) is 23.0. The molecule has 4 aliphatic rings. The summed E-state index contributed by atoms with van der Waals surface area (Å²) in [6.45, 7) is 16.2. The Bertz CT molecular complexity index is 2530. The van der Waals surface area contributed by atoms with Crippen LogP contribution in [0.5, 0.6) is 0 Å². The monoisotopic (exact) mass is 1070 g/mol. The standard InChI is InChI=1S/C53H75N11O11S/c1-36-43-34-56-52(60-49(43)64(40-9-5-6-10-40)51(69)48(36)38(3)65)59-45-14-13-41(33-55-45)63-19-17-62(18-20-63)35-47(67)54-16-22-71-24-26-73-28-30-75-32-31-74-29-27-72-25-23-70-21-15-46(66)58-44-12-8-7-11-42(44)50(68)61-53-57-37(2)39(4)76-53/h7-8,11-14,33,37,39-40H,5-6,9-10,15-32,34-35H2,1-4H3,(H,54,67)(H,58,66)(H,57,61,68)(H2,55,56,59,60). The molecule has 7 rings (SSSR count). The number of guanidine groups is 1. The number of nitrogens with zero attached hydrogens (tertiary/aromatic N) is 6. The van der Waals surface area contributed by atoms with Gasteiger partial charge in [-0.2, -0.15) is 4.99 Å². The molecule has 0 radical (unpaired) electrons. The fraction of sp³-hybridized carbons (Fsp3) is 0.585. The molecule has 2 fully saturated rings. The number of hydrogen-bond acceptors (Lipinski definition) is 19. The third kappa shape index (κ3) is 17.4. The highest BCUT2D eigenvalue weighted by Gasteiger charge is 2.30. The van der Waals surface area contributed by atoms with Gasteiger partial charge in [-0.3, -0.25) is 38.4 Å². The lowest BCUT2D eigenvalue weighted by Crippen LogP contribution is -2.49. The number of piperazine rings is 1. The maximum Gasteiger partial charge on any atom is 0.263 e. The number of anilines is 3. The molecule has 2 atom stereocenters. The number of carbonyl (C=O) groups is 4. The van der Waals surface area contributed by atoms with Crippen molar-refractivity contribution in [3.8, 4) is 0 Å². The van der Waals surface area contributed by atoms with Crippen LogP contribution in [-0.2, 0) is 44.6 Å². The number of nitrogens with one attached hydrogen (secondary N) is 5. The number of amidine groups is 1. The molecule has 1 saturated carbocycles. The van der Waals surface area contributed by atoms with Crippen LogP contribution in [0.25, 0.3) is 0 Å². The van der Waals surface area contributed by atoms with Gasteiger partial charge in [0.2, 0.25) is 17.8 Å². The van der Waals surface area contributed by atoms with Crippen molar-refractivity contribution in [1.82, 2.24) is 30.4 Å². The average molecular weight is 1070 g/mol. The number of aromatic nitrogens is 2. The van der Waals surface area contributed by atoms with Crippen molar-refractivity contribution in [2.24, 2.45) is 9.98 Å². The van der Waals surface area contributed by atoms with Crippen LogP contribution < -0.4 is 37.0 Å². The van der Waals surface area contributed by atoms with E-state index in [0.29, 0.717) is 137 Å². The van der Waals surface area contributed by atoms with Gasteiger partial charge in [0, 0.05) is 56.1 Å². The smallest absolute Gasteiger partial charge is 0.263 e. The van der Waals surface area contributed by atoms with Crippen LogP contribution in [0.3, 0.4) is 0 Å². The van der Waals surface area contributed by atoms with E-state index in [9.17, 15) is 24.0 Å². The van der Waals surface area contributed by atoms with E-state index < -0.39 is 0 Å². The zero-order valence-electron chi connectivity index (χ0n) is 44.3. The number of para-hydroxylation sites is 1. The Morgan fingerprint density at radius 1 is 0.776 bits per heavy atom. The van der Waals surface area contributed by atoms with Gasteiger partial charge in [-0.25, -0.2) is 4.98 Å². The lowest BCUT2D eigenvalue weighted by atomic mass is 10.00. The summed E-state index contributed by atoms with van der Waals surface area (Å²) >= 11 is 1.52. The van der Waals surface area contributed by atoms with Crippen LogP contribution in [-0.4, -0.2) is 179 Å². The number of hydrogen-bond donors (Lipinski definition) is 5. The van der Waals surface area contributed by atoms with Crippen LogP contribution in [0.15, 0.2) is 57.4 Å². The Balaban J connectivity index is 0.636. The molecule has 22 nitrogen and oxygen atoms in total. The summed E-state index contributed by atoms with van der Waals surface area (Å²) in [5, 5.41) is 16.0. The maximum absolute atomic E-state index is 13.6. The summed E-state index contributed by atoms with van der Waals surface area (Å²) in [6.07, 6.45) is 5.84. The number of carbonyl (C=O) groups excluding carboxylic acids is 4. The fourth-order valence-corrected chi connectivity index (χ4v) is 10.1. The molecule has 414 valence electrons. The summed E-state index contributed by atoms with van der Waals surface area (Å²) in [6, 6.07) is 10.9. The first-order valence-corrected chi connectivity index (χ1v) is 27.3. The van der Waals surface area contributed by atoms with Gasteiger partial charge in [0.1, 0.15) is 11.6 Å². The van der Waals surface area contributed by atoms with Gasteiger partial charge >= 0.3 is 0 Å². The number of fused-ring (bicyclic) bond motifs is 1. The summed E-state index contributed by atoms with van der Waals surface area (Å²) in [5.74, 6) is 0.889.